The Morgan fingerprint density at radius 2 is 1.12 bits per heavy atom. The van der Waals surface area contributed by atoms with Crippen molar-refractivity contribution < 1.29 is 0 Å². The Kier molecular flexibility index (Phi) is 5.51. The van der Waals surface area contributed by atoms with Gasteiger partial charge in [-0.05, 0) is 53.1 Å². The average molecular weight is 408 g/mol. The van der Waals surface area contributed by atoms with Crippen LogP contribution in [0.1, 0.15) is 5.56 Å². The zero-order valence-electron chi connectivity index (χ0n) is 12.7. The van der Waals surface area contributed by atoms with Crippen LogP contribution in [-0.4, -0.2) is 4.98 Å². The summed E-state index contributed by atoms with van der Waals surface area (Å²) in [5, 5.41) is 11.4. The van der Waals surface area contributed by atoms with Crippen LogP contribution in [-0.2, 0) is 6.42 Å². The van der Waals surface area contributed by atoms with Gasteiger partial charge in [-0.15, -0.1) is 0 Å². The molecule has 0 unspecified atom stereocenters. The number of hydrogen-bond acceptors (Lipinski definition) is 2. The highest BCUT2D eigenvalue weighted by molar-refractivity contribution is 6.35. The maximum Gasteiger partial charge on any atom is 0.0670 e. The molecule has 2 nitrogen and oxygen atoms in total. The lowest BCUT2D eigenvalue weighted by Crippen LogP contribution is -1.96. The molecule has 1 aromatic heterocycles. The van der Waals surface area contributed by atoms with Crippen molar-refractivity contribution in [3.8, 4) is 28.3 Å². The van der Waals surface area contributed by atoms with E-state index in [2.05, 4.69) is 11.1 Å². The second-order valence-corrected chi connectivity index (χ2v) is 7.11. The van der Waals surface area contributed by atoms with Gasteiger partial charge in [0, 0.05) is 43.6 Å². The van der Waals surface area contributed by atoms with E-state index in [1.54, 1.807) is 48.8 Å². The van der Waals surface area contributed by atoms with Gasteiger partial charge in [-0.25, -0.2) is 0 Å². The van der Waals surface area contributed by atoms with Gasteiger partial charge in [0.1, 0.15) is 0 Å². The van der Waals surface area contributed by atoms with E-state index in [4.69, 9.17) is 46.4 Å². The smallest absolute Gasteiger partial charge is 0.0670 e. The zero-order chi connectivity index (χ0) is 18.0. The van der Waals surface area contributed by atoms with Crippen molar-refractivity contribution in [2.75, 3.05) is 0 Å². The Balaban J connectivity index is 2.26. The first-order valence-corrected chi connectivity index (χ1v) is 8.76. The minimum absolute atomic E-state index is 0.196. The van der Waals surface area contributed by atoms with Crippen molar-refractivity contribution >= 4 is 46.4 Å². The van der Waals surface area contributed by atoms with Gasteiger partial charge in [0.05, 0.1) is 12.5 Å². The number of halogens is 4. The number of nitriles is 1. The van der Waals surface area contributed by atoms with Crippen LogP contribution in [0.5, 0.6) is 0 Å². The first kappa shape index (κ1) is 18.0. The predicted molar refractivity (Wildman–Crippen MR) is 104 cm³/mol. The summed E-state index contributed by atoms with van der Waals surface area (Å²) in [4.78, 5) is 4.32. The van der Waals surface area contributed by atoms with Crippen molar-refractivity contribution in [2.45, 2.75) is 6.42 Å². The van der Waals surface area contributed by atoms with Crippen LogP contribution in [0, 0.1) is 11.3 Å². The van der Waals surface area contributed by atoms with Crippen molar-refractivity contribution in [1.82, 2.24) is 4.98 Å². The third kappa shape index (κ3) is 4.08. The fourth-order valence-corrected chi connectivity index (χ4v) is 3.73. The van der Waals surface area contributed by atoms with Crippen LogP contribution in [0.3, 0.4) is 0 Å². The molecule has 0 amide bonds. The highest BCUT2D eigenvalue weighted by atomic mass is 35.5. The maximum absolute atomic E-state index is 9.31. The molecule has 25 heavy (non-hydrogen) atoms. The van der Waals surface area contributed by atoms with Crippen LogP contribution < -0.4 is 0 Å². The lowest BCUT2D eigenvalue weighted by molar-refractivity contribution is 1.22. The molecule has 3 aromatic rings. The molecule has 0 fully saturated rings. The summed E-state index contributed by atoms with van der Waals surface area (Å²) in [7, 11) is 0. The number of aromatic nitrogens is 1. The van der Waals surface area contributed by atoms with E-state index in [0.717, 1.165) is 27.8 Å². The third-order valence-corrected chi connectivity index (χ3v) is 4.53. The van der Waals surface area contributed by atoms with Crippen molar-refractivity contribution in [1.29, 1.82) is 5.26 Å². The maximum atomic E-state index is 9.31. The molecule has 0 saturated heterocycles. The molecule has 0 aliphatic carbocycles. The van der Waals surface area contributed by atoms with E-state index < -0.39 is 0 Å². The van der Waals surface area contributed by atoms with E-state index in [-0.39, 0.29) is 6.42 Å². The SMILES string of the molecule is N#CCc1c(-c2cc(Cl)cc(Cl)c2)cncc1-c1cc(Cl)cc(Cl)c1. The Hall–Kier alpha value is -1.76. The summed E-state index contributed by atoms with van der Waals surface area (Å²) < 4.78 is 0. The molecule has 124 valence electrons. The molecule has 0 aliphatic heterocycles. The lowest BCUT2D eigenvalue weighted by Gasteiger charge is -2.14. The summed E-state index contributed by atoms with van der Waals surface area (Å²) >= 11 is 24.5. The molecule has 2 aromatic carbocycles. The summed E-state index contributed by atoms with van der Waals surface area (Å²) in [5.41, 5.74) is 3.99. The third-order valence-electron chi connectivity index (χ3n) is 3.66. The standard InChI is InChI=1S/C19H10Cl4N2/c20-13-3-11(4-14(21)7-13)18-9-25-10-19(17(18)1-2-24)12-5-15(22)8-16(23)6-12/h3-10H,1H2. The number of benzene rings is 2. The summed E-state index contributed by atoms with van der Waals surface area (Å²) in [5.74, 6) is 0. The second kappa shape index (κ2) is 7.64. The van der Waals surface area contributed by atoms with Crippen molar-refractivity contribution in [3.63, 3.8) is 0 Å². The Morgan fingerprint density at radius 1 is 0.720 bits per heavy atom. The van der Waals surface area contributed by atoms with Crippen LogP contribution in [0.4, 0.5) is 0 Å². The molecule has 0 bridgehead atoms. The van der Waals surface area contributed by atoms with E-state index in [9.17, 15) is 5.26 Å². The zero-order valence-corrected chi connectivity index (χ0v) is 15.8. The normalized spacial score (nSPS) is 10.5. The minimum Gasteiger partial charge on any atom is -0.263 e. The van der Waals surface area contributed by atoms with E-state index in [1.165, 1.54) is 0 Å². The molecule has 1 heterocycles. The first-order valence-electron chi connectivity index (χ1n) is 7.24. The van der Waals surface area contributed by atoms with Gasteiger partial charge >= 0.3 is 0 Å². The summed E-state index contributed by atoms with van der Waals surface area (Å²) in [6.07, 6.45) is 3.59. The fraction of sp³-hybridized carbons (Fsp3) is 0.0526. The topological polar surface area (TPSA) is 36.7 Å². The van der Waals surface area contributed by atoms with Crippen molar-refractivity contribution in [2.24, 2.45) is 0 Å². The van der Waals surface area contributed by atoms with Gasteiger partial charge < -0.3 is 0 Å². The number of rotatable bonds is 3. The molecule has 0 aliphatic rings. The highest BCUT2D eigenvalue weighted by Crippen LogP contribution is 2.36. The van der Waals surface area contributed by atoms with Gasteiger partial charge in [-0.2, -0.15) is 5.26 Å². The molecule has 6 heteroatoms. The summed E-state index contributed by atoms with van der Waals surface area (Å²) in [6, 6.07) is 12.7. The highest BCUT2D eigenvalue weighted by Gasteiger charge is 2.14. The predicted octanol–water partition coefficient (Wildman–Crippen LogP) is 7.10. The molecule has 0 saturated carbocycles. The van der Waals surface area contributed by atoms with Crippen LogP contribution >= 0.6 is 46.4 Å². The second-order valence-electron chi connectivity index (χ2n) is 5.36. The quantitative estimate of drug-likeness (QED) is 0.464. The summed E-state index contributed by atoms with van der Waals surface area (Å²) in [6.45, 7) is 0. The van der Waals surface area contributed by atoms with E-state index >= 15 is 0 Å². The van der Waals surface area contributed by atoms with Crippen LogP contribution in [0.2, 0.25) is 20.1 Å². The molecular formula is C19H10Cl4N2. The van der Waals surface area contributed by atoms with Gasteiger partial charge in [0.15, 0.2) is 0 Å². The molecule has 3 rings (SSSR count). The lowest BCUT2D eigenvalue weighted by atomic mass is 9.93. The van der Waals surface area contributed by atoms with Crippen LogP contribution in [0.15, 0.2) is 48.8 Å². The monoisotopic (exact) mass is 406 g/mol. The average Bonchev–Trinajstić information content (AvgIpc) is 2.53. The van der Waals surface area contributed by atoms with Gasteiger partial charge in [-0.1, -0.05) is 46.4 Å². The first-order chi connectivity index (χ1) is 12.0. The molecule has 0 N–H and O–H groups in total. The molecular weight excluding hydrogens is 398 g/mol. The minimum atomic E-state index is 0.196. The largest absolute Gasteiger partial charge is 0.263 e. The number of nitrogens with zero attached hydrogens (tertiary/aromatic N) is 2. The molecule has 0 radical (unpaired) electrons. The Bertz CT molecular complexity index is 883. The van der Waals surface area contributed by atoms with Gasteiger partial charge in [0.2, 0.25) is 0 Å². The van der Waals surface area contributed by atoms with Gasteiger partial charge in [-0.3, -0.25) is 4.98 Å². The molecule has 0 atom stereocenters. The number of hydrogen-bond donors (Lipinski definition) is 0. The van der Waals surface area contributed by atoms with Gasteiger partial charge in [0.25, 0.3) is 0 Å². The fourth-order valence-electron chi connectivity index (χ4n) is 2.67. The Labute approximate surface area is 165 Å². The van der Waals surface area contributed by atoms with Crippen molar-refractivity contribution in [3.05, 3.63) is 74.4 Å². The van der Waals surface area contributed by atoms with E-state index in [0.29, 0.717) is 20.1 Å². The molecule has 0 spiro atoms. The van der Waals surface area contributed by atoms with E-state index in [1.807, 2.05) is 0 Å². The number of pyridine rings is 1. The van der Waals surface area contributed by atoms with Crippen LogP contribution in [0.25, 0.3) is 22.3 Å². The Morgan fingerprint density at radius 3 is 1.48 bits per heavy atom.